The zero-order valence-electron chi connectivity index (χ0n) is 9.93. The van der Waals surface area contributed by atoms with E-state index >= 15 is 0 Å². The highest BCUT2D eigenvalue weighted by Gasteiger charge is 2.20. The lowest BCUT2D eigenvalue weighted by molar-refractivity contribution is 0.398. The lowest BCUT2D eigenvalue weighted by Gasteiger charge is -2.24. The molecule has 1 aromatic heterocycles. The Bertz CT molecular complexity index is 318. The van der Waals surface area contributed by atoms with Crippen molar-refractivity contribution in [2.45, 2.75) is 38.8 Å². The van der Waals surface area contributed by atoms with Crippen molar-refractivity contribution in [3.8, 4) is 0 Å². The molecule has 0 saturated carbocycles. The van der Waals surface area contributed by atoms with Gasteiger partial charge in [-0.15, -0.1) is 0 Å². The first-order chi connectivity index (χ1) is 7.81. The van der Waals surface area contributed by atoms with Gasteiger partial charge in [-0.1, -0.05) is 0 Å². The van der Waals surface area contributed by atoms with E-state index < -0.39 is 0 Å². The molecule has 3 nitrogen and oxygen atoms in total. The van der Waals surface area contributed by atoms with Gasteiger partial charge in [0.05, 0.1) is 6.04 Å². The summed E-state index contributed by atoms with van der Waals surface area (Å²) in [6, 6.07) is 0.114. The van der Waals surface area contributed by atoms with Gasteiger partial charge in [-0.25, -0.2) is 4.98 Å². The van der Waals surface area contributed by atoms with E-state index in [2.05, 4.69) is 28.2 Å². The van der Waals surface area contributed by atoms with Crippen LogP contribution in [0.15, 0.2) is 12.4 Å². The van der Waals surface area contributed by atoms with Crippen molar-refractivity contribution in [3.05, 3.63) is 18.2 Å². The van der Waals surface area contributed by atoms with Gasteiger partial charge in [0.25, 0.3) is 0 Å². The Morgan fingerprint density at radius 2 is 2.31 bits per heavy atom. The molecular weight excluding hydrogens is 218 g/mol. The SMILES string of the molecule is CCn1ccnc1C(N)CC1CCSCC1. The number of aryl methyl sites for hydroxylation is 1. The van der Waals surface area contributed by atoms with E-state index in [-0.39, 0.29) is 6.04 Å². The second-order valence-electron chi connectivity index (χ2n) is 4.47. The van der Waals surface area contributed by atoms with Crippen LogP contribution < -0.4 is 5.73 Å². The van der Waals surface area contributed by atoms with E-state index in [1.165, 1.54) is 24.3 Å². The van der Waals surface area contributed by atoms with Gasteiger partial charge in [-0.2, -0.15) is 11.8 Å². The van der Waals surface area contributed by atoms with E-state index in [9.17, 15) is 0 Å². The Morgan fingerprint density at radius 1 is 1.56 bits per heavy atom. The van der Waals surface area contributed by atoms with Crippen LogP contribution in [0.1, 0.15) is 38.1 Å². The van der Waals surface area contributed by atoms with Crippen molar-refractivity contribution in [2.75, 3.05) is 11.5 Å². The third-order valence-corrected chi connectivity index (χ3v) is 4.40. The van der Waals surface area contributed by atoms with Crippen molar-refractivity contribution < 1.29 is 0 Å². The highest BCUT2D eigenvalue weighted by Crippen LogP contribution is 2.29. The molecule has 1 aliphatic rings. The summed E-state index contributed by atoms with van der Waals surface area (Å²) in [7, 11) is 0. The summed E-state index contributed by atoms with van der Waals surface area (Å²) in [5.74, 6) is 4.47. The largest absolute Gasteiger partial charge is 0.334 e. The van der Waals surface area contributed by atoms with Crippen LogP contribution in [0, 0.1) is 5.92 Å². The molecule has 4 heteroatoms. The van der Waals surface area contributed by atoms with Crippen LogP contribution in [0.2, 0.25) is 0 Å². The molecule has 0 aliphatic carbocycles. The van der Waals surface area contributed by atoms with Crippen LogP contribution in [0.25, 0.3) is 0 Å². The fourth-order valence-corrected chi connectivity index (χ4v) is 3.57. The van der Waals surface area contributed by atoms with Crippen molar-refractivity contribution >= 4 is 11.8 Å². The molecule has 1 unspecified atom stereocenters. The smallest absolute Gasteiger partial charge is 0.125 e. The average Bonchev–Trinajstić information content (AvgIpc) is 2.78. The van der Waals surface area contributed by atoms with Gasteiger partial charge in [0, 0.05) is 18.9 Å². The number of nitrogens with two attached hydrogens (primary N) is 1. The maximum atomic E-state index is 6.26. The molecule has 1 aromatic rings. The number of hydrogen-bond acceptors (Lipinski definition) is 3. The predicted molar refractivity (Wildman–Crippen MR) is 69.5 cm³/mol. The molecule has 2 rings (SSSR count). The molecule has 0 amide bonds. The fraction of sp³-hybridized carbons (Fsp3) is 0.750. The topological polar surface area (TPSA) is 43.8 Å². The van der Waals surface area contributed by atoms with E-state index in [0.717, 1.165) is 24.7 Å². The number of thioether (sulfide) groups is 1. The zero-order valence-corrected chi connectivity index (χ0v) is 10.7. The minimum Gasteiger partial charge on any atom is -0.334 e. The van der Waals surface area contributed by atoms with Gasteiger partial charge in [0.1, 0.15) is 5.82 Å². The third-order valence-electron chi connectivity index (χ3n) is 3.35. The monoisotopic (exact) mass is 239 g/mol. The number of rotatable bonds is 4. The van der Waals surface area contributed by atoms with Gasteiger partial charge in [-0.05, 0) is 43.6 Å². The predicted octanol–water partition coefficient (Wildman–Crippen LogP) is 2.44. The molecule has 0 spiro atoms. The second kappa shape index (κ2) is 5.73. The first-order valence-corrected chi connectivity index (χ1v) is 7.31. The standard InChI is InChI=1S/C12H21N3S/c1-2-15-6-5-14-12(15)11(13)9-10-3-7-16-8-4-10/h5-6,10-11H,2-4,7-9,13H2,1H3. The highest BCUT2D eigenvalue weighted by molar-refractivity contribution is 7.99. The average molecular weight is 239 g/mol. The summed E-state index contributed by atoms with van der Waals surface area (Å²) in [6.07, 6.45) is 7.62. The molecule has 0 aromatic carbocycles. The summed E-state index contributed by atoms with van der Waals surface area (Å²) in [5, 5.41) is 0. The zero-order chi connectivity index (χ0) is 11.4. The highest BCUT2D eigenvalue weighted by atomic mass is 32.2. The van der Waals surface area contributed by atoms with Crippen LogP contribution in [0.3, 0.4) is 0 Å². The van der Waals surface area contributed by atoms with Gasteiger partial charge in [-0.3, -0.25) is 0 Å². The van der Waals surface area contributed by atoms with E-state index in [1.54, 1.807) is 0 Å². The van der Waals surface area contributed by atoms with Crippen molar-refractivity contribution in [1.29, 1.82) is 0 Å². The number of hydrogen-bond donors (Lipinski definition) is 1. The fourth-order valence-electron chi connectivity index (χ4n) is 2.36. The Kier molecular flexibility index (Phi) is 4.29. The lowest BCUT2D eigenvalue weighted by Crippen LogP contribution is -2.21. The van der Waals surface area contributed by atoms with Gasteiger partial charge >= 0.3 is 0 Å². The van der Waals surface area contributed by atoms with Crippen LogP contribution in [-0.4, -0.2) is 21.1 Å². The van der Waals surface area contributed by atoms with Crippen LogP contribution in [0.5, 0.6) is 0 Å². The first-order valence-electron chi connectivity index (χ1n) is 6.15. The molecular formula is C12H21N3S. The number of nitrogens with zero attached hydrogens (tertiary/aromatic N) is 2. The molecule has 0 bridgehead atoms. The maximum absolute atomic E-state index is 6.26. The van der Waals surface area contributed by atoms with Crippen molar-refractivity contribution in [3.63, 3.8) is 0 Å². The van der Waals surface area contributed by atoms with Gasteiger partial charge in [0.15, 0.2) is 0 Å². The molecule has 2 N–H and O–H groups in total. The Balaban J connectivity index is 1.93. The summed E-state index contributed by atoms with van der Waals surface area (Å²) in [5.41, 5.74) is 6.26. The Labute approximate surface area is 102 Å². The van der Waals surface area contributed by atoms with Crippen LogP contribution in [-0.2, 0) is 6.54 Å². The van der Waals surface area contributed by atoms with Gasteiger partial charge in [0.2, 0.25) is 0 Å². The molecule has 1 aliphatic heterocycles. The van der Waals surface area contributed by atoms with E-state index in [0.29, 0.717) is 0 Å². The molecule has 1 fully saturated rings. The van der Waals surface area contributed by atoms with E-state index in [1.807, 2.05) is 12.4 Å². The minimum absolute atomic E-state index is 0.114. The van der Waals surface area contributed by atoms with Crippen molar-refractivity contribution in [2.24, 2.45) is 11.7 Å². The van der Waals surface area contributed by atoms with E-state index in [4.69, 9.17) is 5.73 Å². The first kappa shape index (κ1) is 12.0. The Morgan fingerprint density at radius 3 is 3.00 bits per heavy atom. The summed E-state index contributed by atoms with van der Waals surface area (Å²) in [4.78, 5) is 4.39. The number of aromatic nitrogens is 2. The Hall–Kier alpha value is -0.480. The molecule has 90 valence electrons. The number of imidazole rings is 1. The summed E-state index contributed by atoms with van der Waals surface area (Å²) in [6.45, 7) is 3.10. The quantitative estimate of drug-likeness (QED) is 0.877. The van der Waals surface area contributed by atoms with Gasteiger partial charge < -0.3 is 10.3 Å². The lowest BCUT2D eigenvalue weighted by atomic mass is 9.94. The molecule has 16 heavy (non-hydrogen) atoms. The van der Waals surface area contributed by atoms with Crippen LogP contribution in [0.4, 0.5) is 0 Å². The maximum Gasteiger partial charge on any atom is 0.125 e. The second-order valence-corrected chi connectivity index (χ2v) is 5.69. The molecule has 2 heterocycles. The molecule has 1 saturated heterocycles. The van der Waals surface area contributed by atoms with Crippen molar-refractivity contribution in [1.82, 2.24) is 9.55 Å². The minimum atomic E-state index is 0.114. The summed E-state index contributed by atoms with van der Waals surface area (Å²) >= 11 is 2.07. The molecule has 0 radical (unpaired) electrons. The summed E-state index contributed by atoms with van der Waals surface area (Å²) < 4.78 is 2.16. The normalized spacial score (nSPS) is 19.9. The van der Waals surface area contributed by atoms with Crippen LogP contribution >= 0.6 is 11.8 Å². The molecule has 1 atom stereocenters. The third kappa shape index (κ3) is 2.80.